The van der Waals surface area contributed by atoms with Crippen LogP contribution in [-0.2, 0) is 6.42 Å². The molecule has 0 saturated heterocycles. The smallest absolute Gasteiger partial charge is 0.0422 e. The summed E-state index contributed by atoms with van der Waals surface area (Å²) >= 11 is 0. The van der Waals surface area contributed by atoms with Crippen LogP contribution >= 0.6 is 0 Å². The van der Waals surface area contributed by atoms with Crippen molar-refractivity contribution in [2.75, 3.05) is 0 Å². The van der Waals surface area contributed by atoms with Crippen molar-refractivity contribution in [1.29, 1.82) is 0 Å². The van der Waals surface area contributed by atoms with E-state index in [1.807, 2.05) is 12.3 Å². The molecule has 1 aliphatic rings. The summed E-state index contributed by atoms with van der Waals surface area (Å²) in [5, 5.41) is 0. The molecule has 88 valence electrons. The molecule has 0 spiro atoms. The first kappa shape index (κ1) is 11.6. The number of hydrogen-bond acceptors (Lipinski definition) is 2. The molecule has 1 aromatic rings. The predicted octanol–water partition coefficient (Wildman–Crippen LogP) is 2.92. The van der Waals surface area contributed by atoms with Gasteiger partial charge < -0.3 is 5.73 Å². The number of hydrogen-bond donors (Lipinski definition) is 1. The molecule has 0 aliphatic heterocycles. The molecule has 1 aliphatic carbocycles. The molecule has 2 N–H and O–H groups in total. The number of rotatable bonds is 3. The molecule has 2 nitrogen and oxygen atoms in total. The molecular formula is C14H22N2. The number of aromatic nitrogens is 1. The minimum absolute atomic E-state index is 0.0125. The standard InChI is InChI=1S/C14H22N2/c1-2-12-7-3-5-9-14(12,15)11-13-8-4-6-10-16-13/h4,6,8,10,12H,2-3,5,7,9,11,15H2,1H3. The van der Waals surface area contributed by atoms with E-state index in [1.165, 1.54) is 25.7 Å². The summed E-state index contributed by atoms with van der Waals surface area (Å²) in [6, 6.07) is 6.11. The van der Waals surface area contributed by atoms with Crippen LogP contribution in [0.2, 0.25) is 0 Å². The molecule has 2 rings (SSSR count). The third-order valence-electron chi connectivity index (χ3n) is 3.99. The monoisotopic (exact) mass is 218 g/mol. The van der Waals surface area contributed by atoms with Crippen molar-refractivity contribution in [3.8, 4) is 0 Å². The van der Waals surface area contributed by atoms with Crippen molar-refractivity contribution in [2.45, 2.75) is 51.0 Å². The van der Waals surface area contributed by atoms with Gasteiger partial charge in [-0.15, -0.1) is 0 Å². The lowest BCUT2D eigenvalue weighted by Crippen LogP contribution is -2.51. The Morgan fingerprint density at radius 1 is 1.44 bits per heavy atom. The van der Waals surface area contributed by atoms with Crippen LogP contribution in [0, 0.1) is 5.92 Å². The molecule has 16 heavy (non-hydrogen) atoms. The van der Waals surface area contributed by atoms with Crippen LogP contribution in [0.25, 0.3) is 0 Å². The average Bonchev–Trinajstić information content (AvgIpc) is 2.30. The van der Waals surface area contributed by atoms with Crippen molar-refractivity contribution < 1.29 is 0 Å². The molecule has 0 aromatic carbocycles. The zero-order valence-electron chi connectivity index (χ0n) is 10.2. The second-order valence-electron chi connectivity index (χ2n) is 5.08. The van der Waals surface area contributed by atoms with E-state index in [9.17, 15) is 0 Å². The lowest BCUT2D eigenvalue weighted by Gasteiger charge is -2.41. The first-order chi connectivity index (χ1) is 7.74. The van der Waals surface area contributed by atoms with E-state index in [0.29, 0.717) is 5.92 Å². The Balaban J connectivity index is 2.11. The third-order valence-corrected chi connectivity index (χ3v) is 3.99. The van der Waals surface area contributed by atoms with Gasteiger partial charge in [-0.2, -0.15) is 0 Å². The maximum Gasteiger partial charge on any atom is 0.0422 e. The van der Waals surface area contributed by atoms with Crippen LogP contribution in [0.15, 0.2) is 24.4 Å². The van der Waals surface area contributed by atoms with Gasteiger partial charge in [0.1, 0.15) is 0 Å². The van der Waals surface area contributed by atoms with Crippen molar-refractivity contribution in [3.63, 3.8) is 0 Å². The van der Waals surface area contributed by atoms with Crippen molar-refractivity contribution in [3.05, 3.63) is 30.1 Å². The Morgan fingerprint density at radius 2 is 2.31 bits per heavy atom. The summed E-state index contributed by atoms with van der Waals surface area (Å²) in [7, 11) is 0. The molecule has 2 unspecified atom stereocenters. The molecule has 1 heterocycles. The van der Waals surface area contributed by atoms with E-state index in [4.69, 9.17) is 5.73 Å². The van der Waals surface area contributed by atoms with Crippen LogP contribution in [0.5, 0.6) is 0 Å². The molecule has 2 heteroatoms. The minimum Gasteiger partial charge on any atom is -0.324 e. The van der Waals surface area contributed by atoms with Gasteiger partial charge in [-0.25, -0.2) is 0 Å². The fourth-order valence-corrected chi connectivity index (χ4v) is 3.02. The summed E-state index contributed by atoms with van der Waals surface area (Å²) in [5.74, 6) is 0.670. The number of nitrogens with two attached hydrogens (primary N) is 1. The topological polar surface area (TPSA) is 38.9 Å². The van der Waals surface area contributed by atoms with Gasteiger partial charge in [0.15, 0.2) is 0 Å². The Morgan fingerprint density at radius 3 is 3.00 bits per heavy atom. The van der Waals surface area contributed by atoms with E-state index < -0.39 is 0 Å². The fourth-order valence-electron chi connectivity index (χ4n) is 3.02. The highest BCUT2D eigenvalue weighted by atomic mass is 14.8. The van der Waals surface area contributed by atoms with Gasteiger partial charge in [-0.1, -0.05) is 32.3 Å². The molecule has 1 fully saturated rings. The number of pyridine rings is 1. The summed E-state index contributed by atoms with van der Waals surface area (Å²) in [6.45, 7) is 2.26. The van der Waals surface area contributed by atoms with Crippen LogP contribution in [-0.4, -0.2) is 10.5 Å². The highest BCUT2D eigenvalue weighted by Gasteiger charge is 2.36. The lowest BCUT2D eigenvalue weighted by atomic mass is 9.70. The zero-order chi connectivity index (χ0) is 11.4. The van der Waals surface area contributed by atoms with Crippen molar-refractivity contribution >= 4 is 0 Å². The first-order valence-electron chi connectivity index (χ1n) is 6.43. The van der Waals surface area contributed by atoms with Crippen LogP contribution in [0.4, 0.5) is 0 Å². The van der Waals surface area contributed by atoms with Crippen molar-refractivity contribution in [2.24, 2.45) is 11.7 Å². The highest BCUT2D eigenvalue weighted by molar-refractivity contribution is 5.10. The van der Waals surface area contributed by atoms with Gasteiger partial charge in [-0.3, -0.25) is 4.98 Å². The highest BCUT2D eigenvalue weighted by Crippen LogP contribution is 2.36. The minimum atomic E-state index is -0.0125. The second kappa shape index (κ2) is 4.96. The van der Waals surface area contributed by atoms with E-state index in [1.54, 1.807) is 0 Å². The normalized spacial score (nSPS) is 30.2. The summed E-state index contributed by atoms with van der Waals surface area (Å²) < 4.78 is 0. The van der Waals surface area contributed by atoms with Gasteiger partial charge in [0.25, 0.3) is 0 Å². The molecule has 1 saturated carbocycles. The summed E-state index contributed by atoms with van der Waals surface area (Å²) in [6.07, 6.45) is 9.07. The van der Waals surface area contributed by atoms with Crippen LogP contribution in [0.1, 0.15) is 44.7 Å². The molecule has 0 amide bonds. The van der Waals surface area contributed by atoms with E-state index >= 15 is 0 Å². The fraction of sp³-hybridized carbons (Fsp3) is 0.643. The SMILES string of the molecule is CCC1CCCCC1(N)Cc1ccccn1. The van der Waals surface area contributed by atoms with Gasteiger partial charge in [0.2, 0.25) is 0 Å². The van der Waals surface area contributed by atoms with Gasteiger partial charge in [0.05, 0.1) is 0 Å². The lowest BCUT2D eigenvalue weighted by molar-refractivity contribution is 0.181. The molecule has 2 atom stereocenters. The predicted molar refractivity (Wildman–Crippen MR) is 67.1 cm³/mol. The maximum atomic E-state index is 6.61. The zero-order valence-corrected chi connectivity index (χ0v) is 10.2. The van der Waals surface area contributed by atoms with E-state index in [0.717, 1.165) is 18.5 Å². The largest absolute Gasteiger partial charge is 0.324 e. The first-order valence-corrected chi connectivity index (χ1v) is 6.43. The quantitative estimate of drug-likeness (QED) is 0.847. The van der Waals surface area contributed by atoms with E-state index in [2.05, 4.69) is 24.0 Å². The number of nitrogens with zero attached hydrogens (tertiary/aromatic N) is 1. The Bertz CT molecular complexity index is 323. The molecule has 0 radical (unpaired) electrons. The summed E-state index contributed by atoms with van der Waals surface area (Å²) in [5.41, 5.74) is 7.74. The Kier molecular flexibility index (Phi) is 3.59. The van der Waals surface area contributed by atoms with Gasteiger partial charge in [0, 0.05) is 23.9 Å². The van der Waals surface area contributed by atoms with Crippen LogP contribution < -0.4 is 5.73 Å². The van der Waals surface area contributed by atoms with Crippen molar-refractivity contribution in [1.82, 2.24) is 4.98 Å². The third kappa shape index (κ3) is 2.43. The molecule has 1 aromatic heterocycles. The maximum absolute atomic E-state index is 6.61. The summed E-state index contributed by atoms with van der Waals surface area (Å²) in [4.78, 5) is 4.41. The Labute approximate surface area is 98.3 Å². The van der Waals surface area contributed by atoms with Gasteiger partial charge in [-0.05, 0) is 30.9 Å². The molecule has 0 bridgehead atoms. The second-order valence-corrected chi connectivity index (χ2v) is 5.08. The van der Waals surface area contributed by atoms with Crippen LogP contribution in [0.3, 0.4) is 0 Å². The molecular weight excluding hydrogens is 196 g/mol. The van der Waals surface area contributed by atoms with Gasteiger partial charge >= 0.3 is 0 Å². The average molecular weight is 218 g/mol. The Hall–Kier alpha value is -0.890. The van der Waals surface area contributed by atoms with E-state index in [-0.39, 0.29) is 5.54 Å².